The Morgan fingerprint density at radius 1 is 1.15 bits per heavy atom. The van der Waals surface area contributed by atoms with E-state index in [1.807, 2.05) is 12.5 Å². The third-order valence-corrected chi connectivity index (χ3v) is 15.7. The first-order valence-corrected chi connectivity index (χ1v) is 18.6. The molecular formula is C37H58N4O5S. The van der Waals surface area contributed by atoms with Gasteiger partial charge in [0.05, 0.1) is 50.2 Å². The van der Waals surface area contributed by atoms with Crippen LogP contribution in [0.2, 0.25) is 0 Å². The molecule has 9 nitrogen and oxygen atoms in total. The third-order valence-electron chi connectivity index (χ3n) is 14.8. The quantitative estimate of drug-likeness (QED) is 0.156. The van der Waals surface area contributed by atoms with E-state index in [1.165, 1.54) is 16.9 Å². The summed E-state index contributed by atoms with van der Waals surface area (Å²) in [6.07, 6.45) is 8.08. The Kier molecular flexibility index (Phi) is 8.96. The fourth-order valence-corrected chi connectivity index (χ4v) is 12.6. The van der Waals surface area contributed by atoms with Gasteiger partial charge in [0.25, 0.3) is 0 Å². The van der Waals surface area contributed by atoms with Gasteiger partial charge in [-0.1, -0.05) is 60.1 Å². The monoisotopic (exact) mass is 670 g/mol. The number of aromatic nitrogens is 1. The van der Waals surface area contributed by atoms with Crippen LogP contribution in [-0.2, 0) is 32.2 Å². The number of fused-ring (bicyclic) bond motifs is 3. The second-order valence-corrected chi connectivity index (χ2v) is 18.0. The zero-order valence-electron chi connectivity index (χ0n) is 29.8. The van der Waals surface area contributed by atoms with Crippen LogP contribution >= 0.6 is 11.3 Å². The number of guanidine groups is 1. The van der Waals surface area contributed by atoms with Gasteiger partial charge in [0.15, 0.2) is 5.96 Å². The molecule has 4 fully saturated rings. The van der Waals surface area contributed by atoms with Crippen LogP contribution in [0.5, 0.6) is 0 Å². The van der Waals surface area contributed by atoms with E-state index >= 15 is 0 Å². The number of methoxy groups -OCH3 is 1. The molecule has 262 valence electrons. The molecule has 47 heavy (non-hydrogen) atoms. The maximum atomic E-state index is 13.4. The van der Waals surface area contributed by atoms with Crippen LogP contribution in [0.15, 0.2) is 22.0 Å². The van der Waals surface area contributed by atoms with Crippen molar-refractivity contribution in [2.75, 3.05) is 20.3 Å². The Balaban J connectivity index is 1.32. The molecule has 11 atom stereocenters. The summed E-state index contributed by atoms with van der Waals surface area (Å²) in [5, 5.41) is 13.8. The standard InChI is InChI=1S/C37H58N4O5S/c1-21(2)22(3)33(4)13-14-35(6)24-9-10-27-34(5)19-45-20-37(27,25(24)11-12-36(35,7)29(33)31(42)43)15-26(44-8)30(34)46-17-23-18-47-28(41-23)16-40-32(38)39/h11,18,21-22,24,26-27,29-30H,9-10,12-17,19-20H2,1-8H3,(H,42,43)(H4,38,39,40)/t22-,24+,26-,27?,29-,30+,33-,34?,35-,36+,37+/m1/s1. The summed E-state index contributed by atoms with van der Waals surface area (Å²) in [4.78, 5) is 22.2. The SMILES string of the molecule is CO[C@@H]1C[C@@]23COCC(C)(C2CC[C@H]2C3=CC[C@@]3(C)[C@H](C(=O)O)[C@@](C)([C@H](C)C(C)C)CC[C@]23C)[C@H]1OCc1csc(CN=C(N)N)n1. The normalized spacial score (nSPS) is 43.3. The number of hydrogen-bond donors (Lipinski definition) is 3. The van der Waals surface area contributed by atoms with Crippen LogP contribution in [0.25, 0.3) is 0 Å². The number of nitrogens with zero attached hydrogens (tertiary/aromatic N) is 2. The molecule has 2 unspecified atom stereocenters. The summed E-state index contributed by atoms with van der Waals surface area (Å²) >= 11 is 1.53. The summed E-state index contributed by atoms with van der Waals surface area (Å²) in [5.74, 6) is 0.527. The molecule has 0 radical (unpaired) electrons. The molecule has 5 N–H and O–H groups in total. The van der Waals surface area contributed by atoms with Crippen molar-refractivity contribution in [3.8, 4) is 0 Å². The van der Waals surface area contributed by atoms with E-state index in [0.717, 1.165) is 49.2 Å². The van der Waals surface area contributed by atoms with Crippen molar-refractivity contribution in [1.29, 1.82) is 0 Å². The molecule has 2 heterocycles. The number of hydrogen-bond acceptors (Lipinski definition) is 7. The number of allylic oxidation sites excluding steroid dienone is 1. The number of aliphatic imine (C=N–C) groups is 1. The highest BCUT2D eigenvalue weighted by atomic mass is 32.1. The van der Waals surface area contributed by atoms with E-state index < -0.39 is 11.9 Å². The second kappa shape index (κ2) is 12.1. The summed E-state index contributed by atoms with van der Waals surface area (Å²) in [6.45, 7) is 18.3. The minimum atomic E-state index is -0.619. The Bertz CT molecular complexity index is 1420. The molecule has 2 bridgehead atoms. The van der Waals surface area contributed by atoms with Gasteiger partial charge in [-0.25, -0.2) is 9.98 Å². The summed E-state index contributed by atoms with van der Waals surface area (Å²) in [6, 6.07) is 0. The molecule has 6 rings (SSSR count). The maximum absolute atomic E-state index is 13.4. The number of thiazole rings is 1. The summed E-state index contributed by atoms with van der Waals surface area (Å²) in [5.41, 5.74) is 12.4. The van der Waals surface area contributed by atoms with Crippen molar-refractivity contribution < 1.29 is 24.1 Å². The number of carboxylic acid groups (broad SMARTS) is 1. The number of carboxylic acids is 1. The largest absolute Gasteiger partial charge is 0.481 e. The molecule has 0 spiro atoms. The van der Waals surface area contributed by atoms with Crippen LogP contribution in [-0.4, -0.2) is 54.6 Å². The van der Waals surface area contributed by atoms with Crippen molar-refractivity contribution in [1.82, 2.24) is 4.98 Å². The lowest BCUT2D eigenvalue weighted by molar-refractivity contribution is -0.269. The van der Waals surface area contributed by atoms with E-state index in [2.05, 4.69) is 59.5 Å². The molecule has 0 amide bonds. The third kappa shape index (κ3) is 5.13. The van der Waals surface area contributed by atoms with Crippen LogP contribution in [0.4, 0.5) is 0 Å². The number of rotatable bonds is 9. The molecular weight excluding hydrogens is 612 g/mol. The molecule has 4 aliphatic carbocycles. The number of carbonyl (C=O) groups is 1. The van der Waals surface area contributed by atoms with Gasteiger partial charge < -0.3 is 30.8 Å². The zero-order valence-corrected chi connectivity index (χ0v) is 30.6. The fourth-order valence-electron chi connectivity index (χ4n) is 11.9. The molecule has 3 saturated carbocycles. The van der Waals surface area contributed by atoms with Gasteiger partial charge in [-0.05, 0) is 78.4 Å². The Hall–Kier alpha value is -2.01. The van der Waals surface area contributed by atoms with Gasteiger partial charge in [-0.3, -0.25) is 4.79 Å². The molecule has 1 aromatic rings. The van der Waals surface area contributed by atoms with E-state index in [1.54, 1.807) is 0 Å². The highest BCUT2D eigenvalue weighted by Crippen LogP contribution is 2.75. The van der Waals surface area contributed by atoms with E-state index in [9.17, 15) is 9.90 Å². The van der Waals surface area contributed by atoms with Crippen molar-refractivity contribution in [2.45, 2.75) is 112 Å². The first kappa shape index (κ1) is 34.8. The first-order valence-electron chi connectivity index (χ1n) is 17.7. The van der Waals surface area contributed by atoms with E-state index in [-0.39, 0.29) is 45.2 Å². The Morgan fingerprint density at radius 3 is 2.55 bits per heavy atom. The highest BCUT2D eigenvalue weighted by Gasteiger charge is 2.71. The first-order chi connectivity index (χ1) is 22.1. The molecule has 0 aromatic carbocycles. The molecule has 1 saturated heterocycles. The topological polar surface area (TPSA) is 142 Å². The summed E-state index contributed by atoms with van der Waals surface area (Å²) in [7, 11) is 1.82. The van der Waals surface area contributed by atoms with Crippen molar-refractivity contribution in [3.63, 3.8) is 0 Å². The molecule has 1 aromatic heterocycles. The van der Waals surface area contributed by atoms with Gasteiger partial charge in [-0.2, -0.15) is 0 Å². The zero-order chi connectivity index (χ0) is 34.2. The van der Waals surface area contributed by atoms with Crippen molar-refractivity contribution >= 4 is 23.3 Å². The summed E-state index contributed by atoms with van der Waals surface area (Å²) < 4.78 is 19.7. The average molecular weight is 671 g/mol. The van der Waals surface area contributed by atoms with Gasteiger partial charge in [0, 0.05) is 23.3 Å². The number of ether oxygens (including phenoxy) is 3. The Morgan fingerprint density at radius 2 is 1.89 bits per heavy atom. The number of aliphatic carboxylic acids is 1. The van der Waals surface area contributed by atoms with Crippen LogP contribution < -0.4 is 11.5 Å². The predicted octanol–water partition coefficient (Wildman–Crippen LogP) is 6.41. The molecule has 1 aliphatic heterocycles. The smallest absolute Gasteiger partial charge is 0.307 e. The van der Waals surface area contributed by atoms with Crippen LogP contribution in [0.3, 0.4) is 0 Å². The van der Waals surface area contributed by atoms with Gasteiger partial charge >= 0.3 is 5.97 Å². The maximum Gasteiger partial charge on any atom is 0.307 e. The minimum absolute atomic E-state index is 0.0580. The lowest BCUT2D eigenvalue weighted by atomic mass is 9.34. The van der Waals surface area contributed by atoms with Gasteiger partial charge in [0.2, 0.25) is 0 Å². The molecule has 5 aliphatic rings. The minimum Gasteiger partial charge on any atom is -0.481 e. The van der Waals surface area contributed by atoms with Crippen molar-refractivity contribution in [2.24, 2.45) is 73.1 Å². The lowest BCUT2D eigenvalue weighted by Crippen LogP contribution is -2.70. The number of nitrogens with two attached hydrogens (primary N) is 2. The average Bonchev–Trinajstić information content (AvgIpc) is 3.46. The second-order valence-electron chi connectivity index (χ2n) is 17.0. The van der Waals surface area contributed by atoms with Crippen molar-refractivity contribution in [3.05, 3.63) is 27.7 Å². The lowest BCUT2D eigenvalue weighted by Gasteiger charge is -2.71. The highest BCUT2D eigenvalue weighted by molar-refractivity contribution is 7.09. The van der Waals surface area contributed by atoms with Gasteiger partial charge in [-0.15, -0.1) is 11.3 Å². The Labute approximate surface area is 285 Å². The van der Waals surface area contributed by atoms with E-state index in [4.69, 9.17) is 30.7 Å². The van der Waals surface area contributed by atoms with Crippen LogP contribution in [0.1, 0.15) is 97.7 Å². The van der Waals surface area contributed by atoms with E-state index in [0.29, 0.717) is 50.0 Å². The van der Waals surface area contributed by atoms with Crippen LogP contribution in [0, 0.1) is 56.7 Å². The predicted molar refractivity (Wildman–Crippen MR) is 185 cm³/mol. The fraction of sp³-hybridized carbons (Fsp3) is 0.811. The molecule has 10 heteroatoms. The van der Waals surface area contributed by atoms with Gasteiger partial charge in [0.1, 0.15) is 5.01 Å².